The Hall–Kier alpha value is -0.330. The van der Waals surface area contributed by atoms with Gasteiger partial charge in [-0.3, -0.25) is 4.79 Å². The highest BCUT2D eigenvalue weighted by Crippen LogP contribution is 2.15. The average molecular weight is 367 g/mol. The van der Waals surface area contributed by atoms with Crippen molar-refractivity contribution in [2.75, 3.05) is 26.2 Å². The summed E-state index contributed by atoms with van der Waals surface area (Å²) in [5, 5.41) is 3.25. The monoisotopic (exact) mass is 366 g/mol. The fraction of sp³-hybridized carbons (Fsp3) is 0.417. The van der Waals surface area contributed by atoms with Gasteiger partial charge in [0.2, 0.25) is 0 Å². The van der Waals surface area contributed by atoms with Crippen LogP contribution in [0.4, 0.5) is 0 Å². The van der Waals surface area contributed by atoms with Crippen LogP contribution in [0.2, 0.25) is 0 Å². The van der Waals surface area contributed by atoms with Crippen LogP contribution in [-0.4, -0.2) is 37.0 Å². The van der Waals surface area contributed by atoms with Gasteiger partial charge in [-0.2, -0.15) is 0 Å². The lowest BCUT2D eigenvalue weighted by Crippen LogP contribution is -2.46. The van der Waals surface area contributed by atoms with E-state index in [9.17, 15) is 4.79 Å². The Morgan fingerprint density at radius 1 is 1.35 bits per heavy atom. The standard InChI is InChI=1S/C12H15IN2O.ClH/c1-9-2-3-10(13)8-11(9)12(16)15-6-4-14-5-7-15;/h2-3,8,14H,4-7H2,1H3;1H. The second-order valence-corrected chi connectivity index (χ2v) is 5.25. The Labute approximate surface area is 122 Å². The molecule has 94 valence electrons. The predicted octanol–water partition coefficient (Wildman–Crippen LogP) is 2.07. The molecule has 1 fully saturated rings. The minimum absolute atomic E-state index is 0. The first kappa shape index (κ1) is 14.7. The first-order valence-corrected chi connectivity index (χ1v) is 6.52. The smallest absolute Gasteiger partial charge is 0.254 e. The van der Waals surface area contributed by atoms with Crippen LogP contribution in [-0.2, 0) is 0 Å². The molecule has 1 amide bonds. The third-order valence-electron chi connectivity index (χ3n) is 2.83. The molecule has 1 saturated heterocycles. The van der Waals surface area contributed by atoms with Crippen molar-refractivity contribution < 1.29 is 4.79 Å². The van der Waals surface area contributed by atoms with Crippen LogP contribution in [0.1, 0.15) is 15.9 Å². The normalized spacial score (nSPS) is 15.3. The lowest BCUT2D eigenvalue weighted by Gasteiger charge is -2.28. The number of rotatable bonds is 1. The van der Waals surface area contributed by atoms with E-state index in [1.807, 2.05) is 30.0 Å². The largest absolute Gasteiger partial charge is 0.336 e. The number of nitrogens with zero attached hydrogens (tertiary/aromatic N) is 1. The number of nitrogens with one attached hydrogen (secondary N) is 1. The summed E-state index contributed by atoms with van der Waals surface area (Å²) < 4.78 is 1.11. The number of benzene rings is 1. The number of halogens is 2. The maximum atomic E-state index is 12.3. The van der Waals surface area contributed by atoms with Gasteiger partial charge in [-0.1, -0.05) is 6.07 Å². The van der Waals surface area contributed by atoms with E-state index in [1.165, 1.54) is 0 Å². The molecule has 0 aliphatic carbocycles. The summed E-state index contributed by atoms with van der Waals surface area (Å²) in [5.74, 6) is 0.164. The van der Waals surface area contributed by atoms with Crippen molar-refractivity contribution in [3.05, 3.63) is 32.9 Å². The van der Waals surface area contributed by atoms with Gasteiger partial charge in [0, 0.05) is 35.3 Å². The van der Waals surface area contributed by atoms with Crippen LogP contribution in [0.15, 0.2) is 18.2 Å². The summed E-state index contributed by atoms with van der Waals surface area (Å²) in [6.45, 7) is 5.41. The Morgan fingerprint density at radius 3 is 2.65 bits per heavy atom. The molecule has 1 aliphatic heterocycles. The van der Waals surface area contributed by atoms with E-state index in [1.54, 1.807) is 0 Å². The number of carbonyl (C=O) groups is 1. The number of amides is 1. The molecule has 2 rings (SSSR count). The van der Waals surface area contributed by atoms with Crippen molar-refractivity contribution in [3.63, 3.8) is 0 Å². The topological polar surface area (TPSA) is 32.3 Å². The summed E-state index contributed by atoms with van der Waals surface area (Å²) >= 11 is 2.24. The minimum atomic E-state index is 0. The van der Waals surface area contributed by atoms with Gasteiger partial charge in [0.15, 0.2) is 0 Å². The van der Waals surface area contributed by atoms with Gasteiger partial charge >= 0.3 is 0 Å². The fourth-order valence-corrected chi connectivity index (χ4v) is 2.35. The highest BCUT2D eigenvalue weighted by molar-refractivity contribution is 14.1. The van der Waals surface area contributed by atoms with Crippen molar-refractivity contribution in [3.8, 4) is 0 Å². The van der Waals surface area contributed by atoms with E-state index in [4.69, 9.17) is 0 Å². The molecule has 17 heavy (non-hydrogen) atoms. The summed E-state index contributed by atoms with van der Waals surface area (Å²) in [5.41, 5.74) is 1.90. The maximum Gasteiger partial charge on any atom is 0.254 e. The van der Waals surface area contributed by atoms with E-state index in [2.05, 4.69) is 27.9 Å². The number of hydrogen-bond donors (Lipinski definition) is 1. The molecule has 0 radical (unpaired) electrons. The fourth-order valence-electron chi connectivity index (χ4n) is 1.86. The SMILES string of the molecule is Cc1ccc(I)cc1C(=O)N1CCNCC1.Cl. The lowest BCUT2D eigenvalue weighted by molar-refractivity contribution is 0.0735. The molecular weight excluding hydrogens is 351 g/mol. The molecule has 1 aromatic carbocycles. The number of piperazine rings is 1. The van der Waals surface area contributed by atoms with Crippen molar-refractivity contribution in [2.24, 2.45) is 0 Å². The molecule has 0 spiro atoms. The molecule has 5 heteroatoms. The van der Waals surface area contributed by atoms with Gasteiger partial charge < -0.3 is 10.2 Å². The molecular formula is C12H16ClIN2O. The van der Waals surface area contributed by atoms with E-state index in [0.717, 1.165) is 40.9 Å². The molecule has 1 aromatic rings. The van der Waals surface area contributed by atoms with Crippen LogP contribution in [0.25, 0.3) is 0 Å². The first-order valence-electron chi connectivity index (χ1n) is 5.44. The Balaban J connectivity index is 0.00000144. The molecule has 0 atom stereocenters. The quantitative estimate of drug-likeness (QED) is 0.772. The van der Waals surface area contributed by atoms with Crippen molar-refractivity contribution in [1.29, 1.82) is 0 Å². The zero-order chi connectivity index (χ0) is 11.5. The molecule has 0 unspecified atom stereocenters. The molecule has 0 bridgehead atoms. The van der Waals surface area contributed by atoms with Crippen molar-refractivity contribution in [1.82, 2.24) is 10.2 Å². The van der Waals surface area contributed by atoms with Crippen LogP contribution < -0.4 is 5.32 Å². The second kappa shape index (κ2) is 6.56. The van der Waals surface area contributed by atoms with Gasteiger partial charge in [0.25, 0.3) is 5.91 Å². The van der Waals surface area contributed by atoms with Crippen LogP contribution in [0.3, 0.4) is 0 Å². The third kappa shape index (κ3) is 3.56. The van der Waals surface area contributed by atoms with Gasteiger partial charge in [-0.25, -0.2) is 0 Å². The van der Waals surface area contributed by atoms with Gasteiger partial charge in [0.05, 0.1) is 0 Å². The summed E-state index contributed by atoms with van der Waals surface area (Å²) in [6, 6.07) is 6.02. The summed E-state index contributed by atoms with van der Waals surface area (Å²) in [7, 11) is 0. The molecule has 1 N–H and O–H groups in total. The van der Waals surface area contributed by atoms with E-state index < -0.39 is 0 Å². The zero-order valence-electron chi connectivity index (χ0n) is 9.70. The van der Waals surface area contributed by atoms with E-state index >= 15 is 0 Å². The highest BCUT2D eigenvalue weighted by Gasteiger charge is 2.19. The van der Waals surface area contributed by atoms with Crippen LogP contribution in [0.5, 0.6) is 0 Å². The minimum Gasteiger partial charge on any atom is -0.336 e. The number of hydrogen-bond acceptors (Lipinski definition) is 2. The summed E-state index contributed by atoms with van der Waals surface area (Å²) in [4.78, 5) is 14.2. The summed E-state index contributed by atoms with van der Waals surface area (Å²) in [6.07, 6.45) is 0. The van der Waals surface area contributed by atoms with E-state index in [0.29, 0.717) is 0 Å². The van der Waals surface area contributed by atoms with E-state index in [-0.39, 0.29) is 18.3 Å². The molecule has 1 heterocycles. The predicted molar refractivity (Wildman–Crippen MR) is 79.9 cm³/mol. The third-order valence-corrected chi connectivity index (χ3v) is 3.51. The first-order chi connectivity index (χ1) is 7.68. The lowest BCUT2D eigenvalue weighted by atomic mass is 10.1. The van der Waals surface area contributed by atoms with Crippen LogP contribution >= 0.6 is 35.0 Å². The highest BCUT2D eigenvalue weighted by atomic mass is 127. The Bertz CT molecular complexity index is 405. The number of aryl methyl sites for hydroxylation is 1. The van der Waals surface area contributed by atoms with Crippen molar-refractivity contribution >= 4 is 40.9 Å². The molecule has 1 aliphatic rings. The molecule has 0 aromatic heterocycles. The Morgan fingerprint density at radius 2 is 2.00 bits per heavy atom. The van der Waals surface area contributed by atoms with Crippen LogP contribution in [0, 0.1) is 10.5 Å². The maximum absolute atomic E-state index is 12.3. The van der Waals surface area contributed by atoms with Gasteiger partial charge in [-0.15, -0.1) is 12.4 Å². The second-order valence-electron chi connectivity index (χ2n) is 4.00. The average Bonchev–Trinajstić information content (AvgIpc) is 2.32. The zero-order valence-corrected chi connectivity index (χ0v) is 12.7. The van der Waals surface area contributed by atoms with Crippen molar-refractivity contribution in [2.45, 2.75) is 6.92 Å². The van der Waals surface area contributed by atoms with Gasteiger partial charge in [0.1, 0.15) is 0 Å². The molecule has 0 saturated carbocycles. The number of carbonyl (C=O) groups excluding carboxylic acids is 1. The van der Waals surface area contributed by atoms with Gasteiger partial charge in [-0.05, 0) is 47.2 Å². The Kier molecular flexibility index (Phi) is 5.69. The molecule has 3 nitrogen and oxygen atoms in total.